The Hall–Kier alpha value is -1.32. The zero-order valence-corrected chi connectivity index (χ0v) is 30.4. The molecule has 6 aliphatic rings. The summed E-state index contributed by atoms with van der Waals surface area (Å²) in [5.41, 5.74) is 3.10. The minimum atomic E-state index is -0.719. The van der Waals surface area contributed by atoms with Crippen LogP contribution in [0.3, 0.4) is 0 Å². The van der Waals surface area contributed by atoms with E-state index in [2.05, 4.69) is 69.7 Å². The largest absolute Gasteiger partial charge is 0.481 e. The van der Waals surface area contributed by atoms with Crippen LogP contribution in [-0.2, 0) is 14.3 Å². The SMILES string of the molecule is CCCCCCOC(C)C1C2CC3NC(CC4NC5C(CC(=O)C5C4C)C4NC(CC(N2)C1C)[C@@H](C)[C@@H]4CCC(=O)O)C(CC)=C3C. The fraction of sp³-hybridized carbons (Fsp3) is 0.897. The van der Waals surface area contributed by atoms with Crippen molar-refractivity contribution in [1.82, 2.24) is 21.3 Å². The third-order valence-corrected chi connectivity index (χ3v) is 14.4. The molecule has 8 heteroatoms. The first-order chi connectivity index (χ1) is 22.5. The van der Waals surface area contributed by atoms with Crippen LogP contribution >= 0.6 is 0 Å². The number of ether oxygens (including phenoxy) is 1. The van der Waals surface area contributed by atoms with Crippen LogP contribution in [0.5, 0.6) is 0 Å². The molecule has 0 spiro atoms. The molecule has 5 aliphatic heterocycles. The molecule has 8 bridgehead atoms. The first kappa shape index (κ1) is 35.5. The molecule has 16 atom stereocenters. The Kier molecular flexibility index (Phi) is 11.2. The number of hydrogen-bond donors (Lipinski definition) is 5. The highest BCUT2D eigenvalue weighted by molar-refractivity contribution is 5.85. The first-order valence-corrected chi connectivity index (χ1v) is 19.6. The number of fused-ring (bicyclic) bond motifs is 8. The minimum absolute atomic E-state index is 0.0613. The van der Waals surface area contributed by atoms with Crippen LogP contribution in [0.25, 0.3) is 0 Å². The fourth-order valence-electron chi connectivity index (χ4n) is 11.8. The van der Waals surface area contributed by atoms with Crippen molar-refractivity contribution in [2.45, 2.75) is 174 Å². The van der Waals surface area contributed by atoms with Crippen LogP contribution in [0.1, 0.15) is 119 Å². The molecule has 0 radical (unpaired) electrons. The maximum Gasteiger partial charge on any atom is 0.303 e. The lowest BCUT2D eigenvalue weighted by atomic mass is 9.76. The van der Waals surface area contributed by atoms with Crippen molar-refractivity contribution in [2.24, 2.45) is 41.4 Å². The number of rotatable bonds is 11. The van der Waals surface area contributed by atoms with Gasteiger partial charge in [0, 0.05) is 79.6 Å². The van der Waals surface area contributed by atoms with E-state index in [9.17, 15) is 14.7 Å². The van der Waals surface area contributed by atoms with Gasteiger partial charge in [0.1, 0.15) is 5.78 Å². The summed E-state index contributed by atoms with van der Waals surface area (Å²) in [6.07, 6.45) is 10.7. The van der Waals surface area contributed by atoms with Gasteiger partial charge in [0.25, 0.3) is 0 Å². The molecule has 5 fully saturated rings. The van der Waals surface area contributed by atoms with E-state index in [1.165, 1.54) is 24.8 Å². The van der Waals surface area contributed by atoms with Crippen LogP contribution in [0.15, 0.2) is 11.1 Å². The third kappa shape index (κ3) is 6.89. The van der Waals surface area contributed by atoms with Crippen LogP contribution in [0.2, 0.25) is 0 Å². The van der Waals surface area contributed by atoms with Gasteiger partial charge in [0.05, 0.1) is 6.10 Å². The highest BCUT2D eigenvalue weighted by atomic mass is 16.5. The van der Waals surface area contributed by atoms with Gasteiger partial charge in [-0.1, -0.05) is 65.0 Å². The second-order valence-corrected chi connectivity index (χ2v) is 16.8. The second kappa shape index (κ2) is 14.9. The van der Waals surface area contributed by atoms with Gasteiger partial charge in [0.15, 0.2) is 0 Å². The van der Waals surface area contributed by atoms with Gasteiger partial charge in [0.2, 0.25) is 0 Å². The average molecular weight is 655 g/mol. The van der Waals surface area contributed by atoms with E-state index in [1.807, 2.05) is 0 Å². The Bertz CT molecular complexity index is 1160. The van der Waals surface area contributed by atoms with E-state index in [-0.39, 0.29) is 42.4 Å². The van der Waals surface area contributed by atoms with Crippen molar-refractivity contribution in [3.8, 4) is 0 Å². The molecule has 0 aromatic carbocycles. The molecule has 5 N–H and O–H groups in total. The van der Waals surface area contributed by atoms with Crippen LogP contribution < -0.4 is 21.3 Å². The van der Waals surface area contributed by atoms with Crippen molar-refractivity contribution in [3.05, 3.63) is 11.1 Å². The van der Waals surface area contributed by atoms with Crippen LogP contribution in [0, 0.1) is 41.4 Å². The van der Waals surface area contributed by atoms with Gasteiger partial charge in [-0.3, -0.25) is 9.59 Å². The van der Waals surface area contributed by atoms with E-state index in [0.717, 1.165) is 38.7 Å². The highest BCUT2D eigenvalue weighted by Crippen LogP contribution is 2.49. The summed E-state index contributed by atoms with van der Waals surface area (Å²) in [4.78, 5) is 25.5. The zero-order valence-electron chi connectivity index (χ0n) is 30.4. The number of nitrogens with one attached hydrogen (secondary N) is 4. The highest BCUT2D eigenvalue weighted by Gasteiger charge is 2.58. The summed E-state index contributed by atoms with van der Waals surface area (Å²) >= 11 is 0. The van der Waals surface area contributed by atoms with E-state index < -0.39 is 5.97 Å². The Morgan fingerprint density at radius 1 is 0.872 bits per heavy atom. The van der Waals surface area contributed by atoms with Gasteiger partial charge in [-0.25, -0.2) is 0 Å². The van der Waals surface area contributed by atoms with Crippen molar-refractivity contribution in [2.75, 3.05) is 6.61 Å². The first-order valence-electron chi connectivity index (χ1n) is 19.6. The zero-order chi connectivity index (χ0) is 33.6. The number of Topliss-reactive ketones (excluding diaryl/α,β-unsaturated/α-hetero) is 1. The third-order valence-electron chi connectivity index (χ3n) is 14.4. The van der Waals surface area contributed by atoms with E-state index in [1.54, 1.807) is 5.57 Å². The summed E-state index contributed by atoms with van der Waals surface area (Å²) in [5, 5.41) is 26.2. The second-order valence-electron chi connectivity index (χ2n) is 16.8. The Morgan fingerprint density at radius 2 is 1.57 bits per heavy atom. The van der Waals surface area contributed by atoms with Crippen LogP contribution in [-0.4, -0.2) is 77.9 Å². The number of carboxylic acid groups (broad SMARTS) is 1. The predicted molar refractivity (Wildman–Crippen MR) is 187 cm³/mol. The molecule has 0 amide bonds. The molecule has 5 heterocycles. The Morgan fingerprint density at radius 3 is 2.30 bits per heavy atom. The van der Waals surface area contributed by atoms with Gasteiger partial charge >= 0.3 is 5.97 Å². The molecular weight excluding hydrogens is 588 g/mol. The number of unbranched alkanes of at least 4 members (excludes halogenated alkanes) is 3. The Labute approximate surface area is 284 Å². The molecule has 4 saturated heterocycles. The molecule has 14 unspecified atom stereocenters. The van der Waals surface area contributed by atoms with E-state index in [4.69, 9.17) is 4.74 Å². The lowest BCUT2D eigenvalue weighted by Crippen LogP contribution is -2.49. The lowest BCUT2D eigenvalue weighted by Gasteiger charge is -2.32. The number of carboxylic acids is 1. The molecule has 266 valence electrons. The maximum absolute atomic E-state index is 13.7. The van der Waals surface area contributed by atoms with Crippen molar-refractivity contribution < 1.29 is 19.4 Å². The summed E-state index contributed by atoms with van der Waals surface area (Å²) in [5.74, 6) is 1.78. The molecule has 1 saturated carbocycles. The quantitative estimate of drug-likeness (QED) is 0.148. The average Bonchev–Trinajstić information content (AvgIpc) is 3.78. The smallest absolute Gasteiger partial charge is 0.303 e. The molecular formula is C39H66N4O4. The van der Waals surface area contributed by atoms with Crippen molar-refractivity contribution >= 4 is 11.8 Å². The molecule has 1 aliphatic carbocycles. The van der Waals surface area contributed by atoms with Crippen molar-refractivity contribution in [1.29, 1.82) is 0 Å². The van der Waals surface area contributed by atoms with Gasteiger partial charge in [-0.05, 0) is 82.0 Å². The fourth-order valence-corrected chi connectivity index (χ4v) is 11.8. The number of ketones is 1. The van der Waals surface area contributed by atoms with Crippen molar-refractivity contribution in [3.63, 3.8) is 0 Å². The molecule has 47 heavy (non-hydrogen) atoms. The minimum Gasteiger partial charge on any atom is -0.481 e. The van der Waals surface area contributed by atoms with Gasteiger partial charge < -0.3 is 31.1 Å². The Balaban J connectivity index is 1.31. The molecule has 0 aromatic rings. The van der Waals surface area contributed by atoms with Gasteiger partial charge in [-0.15, -0.1) is 0 Å². The van der Waals surface area contributed by atoms with E-state index >= 15 is 0 Å². The van der Waals surface area contributed by atoms with Crippen LogP contribution in [0.4, 0.5) is 0 Å². The number of carbonyl (C=O) groups excluding carboxylic acids is 1. The molecule has 6 rings (SSSR count). The molecule has 0 aromatic heterocycles. The summed E-state index contributed by atoms with van der Waals surface area (Å²) in [6, 6.07) is 2.35. The standard InChI is InChI=1S/C39H66N4O4/c1-8-10-11-12-15-47-24(7)36-22(5)30-17-29-21(4)26(13-14-35(45)46)38(42-29)27-16-34(44)37-23(6)31(43-39(27)37)18-32-25(9-2)20(3)28(40-32)19-33(36)41-30/h21-24,26-33,36-43H,8-19H2,1-7H3,(H,45,46)/t21-,22?,23?,24?,26-,27?,28?,29?,30?,31?,32?,33?,36?,37?,38?,39?/m0/s1. The maximum atomic E-state index is 13.7. The lowest BCUT2D eigenvalue weighted by molar-refractivity contribution is -0.137. The number of hydrogen-bond acceptors (Lipinski definition) is 7. The monoisotopic (exact) mass is 655 g/mol. The normalized spacial score (nSPS) is 45.3. The van der Waals surface area contributed by atoms with E-state index in [0.29, 0.717) is 78.5 Å². The summed E-state index contributed by atoms with van der Waals surface area (Å²) in [6.45, 7) is 17.2. The topological polar surface area (TPSA) is 112 Å². The molecule has 8 nitrogen and oxygen atoms in total. The summed E-state index contributed by atoms with van der Waals surface area (Å²) < 4.78 is 6.62. The number of carbonyl (C=O) groups is 2. The number of aliphatic carboxylic acids is 1. The summed E-state index contributed by atoms with van der Waals surface area (Å²) in [7, 11) is 0. The predicted octanol–water partition coefficient (Wildman–Crippen LogP) is 5.45. The van der Waals surface area contributed by atoms with Gasteiger partial charge in [-0.2, -0.15) is 0 Å².